The molecule has 1 heterocycles. The van der Waals surface area contributed by atoms with E-state index in [2.05, 4.69) is 0 Å². The van der Waals surface area contributed by atoms with Crippen LogP contribution in [0, 0.1) is 5.92 Å². The van der Waals surface area contributed by atoms with Gasteiger partial charge in [0.15, 0.2) is 0 Å². The smallest absolute Gasteiger partial charge is 0.307 e. The van der Waals surface area contributed by atoms with E-state index < -0.39 is 21.9 Å². The minimum absolute atomic E-state index is 0.161. The van der Waals surface area contributed by atoms with Crippen LogP contribution in [0.4, 0.5) is 0 Å². The summed E-state index contributed by atoms with van der Waals surface area (Å²) in [6.45, 7) is 0.650. The standard InChI is InChI=1S/C12H21NO4S/c14-12(15)10-5-4-8-13(9-10)18(16,17)11-6-2-1-3-7-11/h10-11H,1-9H2,(H,14,15)/t10-/m1/s1. The number of carbonyl (C=O) groups is 1. The Morgan fingerprint density at radius 3 is 2.33 bits per heavy atom. The van der Waals surface area contributed by atoms with Crippen molar-refractivity contribution in [1.29, 1.82) is 0 Å². The van der Waals surface area contributed by atoms with Gasteiger partial charge < -0.3 is 5.11 Å². The van der Waals surface area contributed by atoms with E-state index in [9.17, 15) is 13.2 Å². The highest BCUT2D eigenvalue weighted by atomic mass is 32.2. The summed E-state index contributed by atoms with van der Waals surface area (Å²) in [6.07, 6.45) is 5.77. The van der Waals surface area contributed by atoms with Gasteiger partial charge in [-0.05, 0) is 25.7 Å². The second-order valence-corrected chi connectivity index (χ2v) is 7.55. The van der Waals surface area contributed by atoms with Crippen LogP contribution in [0.25, 0.3) is 0 Å². The first-order chi connectivity index (χ1) is 8.51. The van der Waals surface area contributed by atoms with Crippen LogP contribution < -0.4 is 0 Å². The molecule has 0 bridgehead atoms. The molecule has 0 aromatic rings. The number of rotatable bonds is 3. The Balaban J connectivity index is 2.06. The summed E-state index contributed by atoms with van der Waals surface area (Å²) in [5.74, 6) is -1.41. The summed E-state index contributed by atoms with van der Waals surface area (Å²) in [7, 11) is -3.28. The van der Waals surface area contributed by atoms with Crippen molar-refractivity contribution in [1.82, 2.24) is 4.31 Å². The summed E-state index contributed by atoms with van der Waals surface area (Å²) in [5, 5.41) is 8.73. The van der Waals surface area contributed by atoms with Gasteiger partial charge in [0.2, 0.25) is 10.0 Å². The van der Waals surface area contributed by atoms with Gasteiger partial charge in [-0.1, -0.05) is 19.3 Å². The summed E-state index contributed by atoms with van der Waals surface area (Å²) in [5.41, 5.74) is 0. The first-order valence-electron chi connectivity index (χ1n) is 6.73. The molecular formula is C12H21NO4S. The third-order valence-corrected chi connectivity index (χ3v) is 6.43. The van der Waals surface area contributed by atoms with Crippen molar-refractivity contribution in [3.05, 3.63) is 0 Å². The van der Waals surface area contributed by atoms with Crippen LogP contribution in [-0.4, -0.2) is 42.1 Å². The molecule has 1 atom stereocenters. The fourth-order valence-corrected chi connectivity index (χ4v) is 5.07. The van der Waals surface area contributed by atoms with Crippen molar-refractivity contribution >= 4 is 16.0 Å². The Bertz CT molecular complexity index is 400. The van der Waals surface area contributed by atoms with Crippen molar-refractivity contribution in [3.63, 3.8) is 0 Å². The minimum atomic E-state index is -3.28. The fraction of sp³-hybridized carbons (Fsp3) is 0.917. The third kappa shape index (κ3) is 2.85. The molecule has 0 aromatic carbocycles. The number of nitrogens with zero attached hydrogens (tertiary/aromatic N) is 1. The molecule has 1 saturated carbocycles. The maximum absolute atomic E-state index is 12.4. The summed E-state index contributed by atoms with van der Waals surface area (Å²) < 4.78 is 26.3. The fourth-order valence-electron chi connectivity index (χ4n) is 2.95. The Kier molecular flexibility index (Phi) is 4.27. The van der Waals surface area contributed by atoms with Gasteiger partial charge in [-0.15, -0.1) is 0 Å². The average molecular weight is 275 g/mol. The Morgan fingerprint density at radius 1 is 1.06 bits per heavy atom. The van der Waals surface area contributed by atoms with Crippen LogP contribution >= 0.6 is 0 Å². The molecule has 0 unspecified atom stereocenters. The van der Waals surface area contributed by atoms with Crippen LogP contribution in [0.2, 0.25) is 0 Å². The van der Waals surface area contributed by atoms with Crippen molar-refractivity contribution < 1.29 is 18.3 Å². The normalized spacial score (nSPS) is 28.1. The SMILES string of the molecule is O=C(O)[C@@H]1CCCN(S(=O)(=O)C2CCCCC2)C1. The third-order valence-electron chi connectivity index (χ3n) is 4.07. The Morgan fingerprint density at radius 2 is 1.72 bits per heavy atom. The van der Waals surface area contributed by atoms with E-state index in [0.717, 1.165) is 32.1 Å². The molecule has 18 heavy (non-hydrogen) atoms. The topological polar surface area (TPSA) is 74.7 Å². The Hall–Kier alpha value is -0.620. The van der Waals surface area contributed by atoms with Gasteiger partial charge in [0.1, 0.15) is 0 Å². The number of aliphatic carboxylic acids is 1. The van der Waals surface area contributed by atoms with Crippen LogP contribution in [0.3, 0.4) is 0 Å². The molecule has 2 fully saturated rings. The van der Waals surface area contributed by atoms with Crippen LogP contribution in [0.15, 0.2) is 0 Å². The zero-order chi connectivity index (χ0) is 13.2. The molecular weight excluding hydrogens is 254 g/mol. The summed E-state index contributed by atoms with van der Waals surface area (Å²) in [4.78, 5) is 11.0. The first kappa shape index (κ1) is 13.8. The van der Waals surface area contributed by atoms with Crippen molar-refractivity contribution in [2.45, 2.75) is 50.2 Å². The van der Waals surface area contributed by atoms with Gasteiger partial charge in [-0.25, -0.2) is 12.7 Å². The van der Waals surface area contributed by atoms with E-state index in [4.69, 9.17) is 5.11 Å². The lowest BCUT2D eigenvalue weighted by Gasteiger charge is -2.34. The maximum atomic E-state index is 12.4. The average Bonchev–Trinajstić information content (AvgIpc) is 2.40. The molecule has 104 valence electrons. The van der Waals surface area contributed by atoms with E-state index >= 15 is 0 Å². The van der Waals surface area contributed by atoms with Crippen LogP contribution in [-0.2, 0) is 14.8 Å². The van der Waals surface area contributed by atoms with Gasteiger partial charge in [0.25, 0.3) is 0 Å². The quantitative estimate of drug-likeness (QED) is 0.846. The summed E-state index contributed by atoms with van der Waals surface area (Å²) >= 11 is 0. The highest BCUT2D eigenvalue weighted by molar-refractivity contribution is 7.89. The lowest BCUT2D eigenvalue weighted by atomic mass is 10.0. The van der Waals surface area contributed by atoms with Crippen molar-refractivity contribution in [3.8, 4) is 0 Å². The first-order valence-corrected chi connectivity index (χ1v) is 8.24. The number of hydrogen-bond acceptors (Lipinski definition) is 3. The van der Waals surface area contributed by atoms with E-state index in [0.29, 0.717) is 19.4 Å². The van der Waals surface area contributed by atoms with Crippen molar-refractivity contribution in [2.75, 3.05) is 13.1 Å². The van der Waals surface area contributed by atoms with Gasteiger partial charge in [-0.2, -0.15) is 0 Å². The molecule has 0 radical (unpaired) electrons. The number of sulfonamides is 1. The predicted molar refractivity (Wildman–Crippen MR) is 67.7 cm³/mol. The zero-order valence-corrected chi connectivity index (χ0v) is 11.4. The molecule has 1 aliphatic carbocycles. The lowest BCUT2D eigenvalue weighted by Crippen LogP contribution is -2.46. The second kappa shape index (κ2) is 5.57. The van der Waals surface area contributed by atoms with Gasteiger partial charge in [-0.3, -0.25) is 4.79 Å². The Labute approximate surface area is 108 Å². The molecule has 1 aliphatic heterocycles. The number of piperidine rings is 1. The second-order valence-electron chi connectivity index (χ2n) is 5.34. The van der Waals surface area contributed by atoms with Gasteiger partial charge in [0.05, 0.1) is 11.2 Å². The number of hydrogen-bond donors (Lipinski definition) is 1. The molecule has 1 N–H and O–H groups in total. The summed E-state index contributed by atoms with van der Waals surface area (Å²) in [6, 6.07) is 0. The molecule has 0 spiro atoms. The van der Waals surface area contributed by atoms with E-state index in [1.54, 1.807) is 0 Å². The molecule has 5 nitrogen and oxygen atoms in total. The molecule has 0 aromatic heterocycles. The number of carboxylic acid groups (broad SMARTS) is 1. The lowest BCUT2D eigenvalue weighted by molar-refractivity contribution is -0.142. The molecule has 0 amide bonds. The van der Waals surface area contributed by atoms with Crippen molar-refractivity contribution in [2.24, 2.45) is 5.92 Å². The van der Waals surface area contributed by atoms with Gasteiger partial charge in [0, 0.05) is 13.1 Å². The zero-order valence-electron chi connectivity index (χ0n) is 10.5. The van der Waals surface area contributed by atoms with Crippen LogP contribution in [0.1, 0.15) is 44.9 Å². The predicted octanol–water partition coefficient (Wildman–Crippen LogP) is 1.45. The number of carboxylic acids is 1. The van der Waals surface area contributed by atoms with E-state index in [1.807, 2.05) is 0 Å². The molecule has 2 rings (SSSR count). The highest BCUT2D eigenvalue weighted by Gasteiger charge is 2.37. The molecule has 2 aliphatic rings. The van der Waals surface area contributed by atoms with E-state index in [-0.39, 0.29) is 11.8 Å². The monoisotopic (exact) mass is 275 g/mol. The molecule has 1 saturated heterocycles. The maximum Gasteiger partial charge on any atom is 0.307 e. The highest BCUT2D eigenvalue weighted by Crippen LogP contribution is 2.29. The van der Waals surface area contributed by atoms with Gasteiger partial charge >= 0.3 is 5.97 Å². The van der Waals surface area contributed by atoms with E-state index in [1.165, 1.54) is 4.31 Å². The largest absolute Gasteiger partial charge is 0.481 e. The minimum Gasteiger partial charge on any atom is -0.481 e. The van der Waals surface area contributed by atoms with Crippen LogP contribution in [0.5, 0.6) is 0 Å². The molecule has 6 heteroatoms.